The fourth-order valence-electron chi connectivity index (χ4n) is 4.35. The van der Waals surface area contributed by atoms with E-state index in [-0.39, 0.29) is 5.56 Å². The third kappa shape index (κ3) is 5.92. The number of benzene rings is 2. The molecule has 0 heterocycles. The van der Waals surface area contributed by atoms with E-state index in [4.69, 9.17) is 10.00 Å². The molecule has 1 aliphatic rings. The van der Waals surface area contributed by atoms with Gasteiger partial charge in [0.15, 0.2) is 0 Å². The van der Waals surface area contributed by atoms with E-state index in [0.29, 0.717) is 17.2 Å². The van der Waals surface area contributed by atoms with Gasteiger partial charge in [0.2, 0.25) is 0 Å². The Morgan fingerprint density at radius 2 is 1.80 bits per heavy atom. The number of hydrogen-bond donors (Lipinski definition) is 0. The van der Waals surface area contributed by atoms with Crippen molar-refractivity contribution < 1.29 is 13.9 Å². The predicted molar refractivity (Wildman–Crippen MR) is 116 cm³/mol. The van der Waals surface area contributed by atoms with Gasteiger partial charge in [0.25, 0.3) is 0 Å². The van der Waals surface area contributed by atoms with Crippen LogP contribution in [0.1, 0.15) is 92.1 Å². The van der Waals surface area contributed by atoms with Crippen LogP contribution in [0.4, 0.5) is 4.39 Å². The van der Waals surface area contributed by atoms with Gasteiger partial charge in [-0.25, -0.2) is 9.18 Å². The lowest BCUT2D eigenvalue weighted by molar-refractivity contribution is 0.0730. The summed E-state index contributed by atoms with van der Waals surface area (Å²) in [6.45, 7) is 2.24. The molecule has 1 saturated carbocycles. The number of nitrogens with zero attached hydrogens (tertiary/aromatic N) is 1. The highest BCUT2D eigenvalue weighted by molar-refractivity contribution is 5.91. The number of carbonyl (C=O) groups is 1. The molecule has 158 valence electrons. The number of unbranched alkanes of at least 4 members (excludes halogenated alkanes) is 3. The molecule has 2 aromatic carbocycles. The summed E-state index contributed by atoms with van der Waals surface area (Å²) in [6.07, 6.45) is 11.2. The third-order valence-corrected chi connectivity index (χ3v) is 6.19. The molecule has 3 nitrogen and oxygen atoms in total. The molecule has 1 aliphatic carbocycles. The van der Waals surface area contributed by atoms with Crippen LogP contribution in [0.25, 0.3) is 0 Å². The molecule has 1 fully saturated rings. The van der Waals surface area contributed by atoms with Crippen LogP contribution in [0.2, 0.25) is 0 Å². The average Bonchev–Trinajstić information content (AvgIpc) is 2.77. The molecule has 0 bridgehead atoms. The number of halogens is 1. The minimum absolute atomic E-state index is 0.0623. The molecular formula is C26H30FNO2. The third-order valence-electron chi connectivity index (χ3n) is 6.19. The predicted octanol–water partition coefficient (Wildman–Crippen LogP) is 7.16. The van der Waals surface area contributed by atoms with Gasteiger partial charge in [-0.2, -0.15) is 5.26 Å². The van der Waals surface area contributed by atoms with E-state index in [9.17, 15) is 9.18 Å². The van der Waals surface area contributed by atoms with Crippen LogP contribution in [0.3, 0.4) is 0 Å². The first kappa shape index (κ1) is 22.0. The van der Waals surface area contributed by atoms with Crippen molar-refractivity contribution in [1.82, 2.24) is 0 Å². The van der Waals surface area contributed by atoms with Crippen LogP contribution in [-0.2, 0) is 0 Å². The van der Waals surface area contributed by atoms with Crippen molar-refractivity contribution in [2.24, 2.45) is 5.92 Å². The van der Waals surface area contributed by atoms with Gasteiger partial charge in [-0.1, -0.05) is 45.1 Å². The summed E-state index contributed by atoms with van der Waals surface area (Å²) in [5.74, 6) is 0.215. The van der Waals surface area contributed by atoms with Crippen molar-refractivity contribution in [3.8, 4) is 11.8 Å². The number of rotatable bonds is 8. The maximum absolute atomic E-state index is 14.6. The summed E-state index contributed by atoms with van der Waals surface area (Å²) in [6, 6.07) is 13.1. The second-order valence-corrected chi connectivity index (χ2v) is 8.33. The van der Waals surface area contributed by atoms with E-state index in [1.54, 1.807) is 12.1 Å². The van der Waals surface area contributed by atoms with Crippen LogP contribution >= 0.6 is 0 Å². The molecule has 0 N–H and O–H groups in total. The fraction of sp³-hybridized carbons (Fsp3) is 0.462. The summed E-state index contributed by atoms with van der Waals surface area (Å²) < 4.78 is 19.9. The average molecular weight is 408 g/mol. The number of nitriles is 1. The van der Waals surface area contributed by atoms with Crippen molar-refractivity contribution in [2.75, 3.05) is 0 Å². The van der Waals surface area contributed by atoms with Gasteiger partial charge in [0.1, 0.15) is 11.6 Å². The lowest BCUT2D eigenvalue weighted by Crippen LogP contribution is -2.15. The molecule has 0 aromatic heterocycles. The van der Waals surface area contributed by atoms with E-state index in [2.05, 4.69) is 6.92 Å². The highest BCUT2D eigenvalue weighted by Crippen LogP contribution is 2.38. The van der Waals surface area contributed by atoms with Crippen LogP contribution in [0.5, 0.6) is 5.75 Å². The second-order valence-electron chi connectivity index (χ2n) is 8.33. The first-order valence-corrected chi connectivity index (χ1v) is 11.1. The molecule has 2 aromatic rings. The Hall–Kier alpha value is -2.67. The van der Waals surface area contributed by atoms with E-state index in [0.717, 1.165) is 24.3 Å². The van der Waals surface area contributed by atoms with Gasteiger partial charge in [0.05, 0.1) is 17.2 Å². The topological polar surface area (TPSA) is 50.1 Å². The van der Waals surface area contributed by atoms with Crippen LogP contribution < -0.4 is 4.74 Å². The molecule has 0 radical (unpaired) electrons. The number of ether oxygens (including phenoxy) is 1. The summed E-state index contributed by atoms with van der Waals surface area (Å²) in [7, 11) is 0. The van der Waals surface area contributed by atoms with E-state index in [1.165, 1.54) is 69.2 Å². The summed E-state index contributed by atoms with van der Waals surface area (Å²) >= 11 is 0. The number of hydrogen-bond acceptors (Lipinski definition) is 3. The first-order valence-electron chi connectivity index (χ1n) is 11.1. The quantitative estimate of drug-likeness (QED) is 0.265. The largest absolute Gasteiger partial charge is 0.423 e. The molecular weight excluding hydrogens is 377 g/mol. The van der Waals surface area contributed by atoms with Crippen molar-refractivity contribution in [2.45, 2.75) is 70.6 Å². The van der Waals surface area contributed by atoms with Crippen molar-refractivity contribution in [3.63, 3.8) is 0 Å². The maximum atomic E-state index is 14.6. The molecule has 30 heavy (non-hydrogen) atoms. The normalized spacial score (nSPS) is 18.6. The molecule has 0 saturated heterocycles. The van der Waals surface area contributed by atoms with Gasteiger partial charge < -0.3 is 4.74 Å². The lowest BCUT2D eigenvalue weighted by atomic mass is 9.77. The van der Waals surface area contributed by atoms with Gasteiger partial charge in [-0.05, 0) is 79.5 Å². The van der Waals surface area contributed by atoms with Gasteiger partial charge >= 0.3 is 5.97 Å². The Bertz CT molecular complexity index is 877. The van der Waals surface area contributed by atoms with Crippen LogP contribution in [0, 0.1) is 23.1 Å². The Labute approximate surface area is 178 Å². The SMILES string of the molecule is CCCCCCC1CCC(c2ccc(C(=O)Oc3ccc(C#N)cc3)c(F)c2)CC1. The molecule has 4 heteroatoms. The zero-order valence-corrected chi connectivity index (χ0v) is 17.7. The highest BCUT2D eigenvalue weighted by atomic mass is 19.1. The van der Waals surface area contributed by atoms with Crippen LogP contribution in [-0.4, -0.2) is 5.97 Å². The Kier molecular flexibility index (Phi) is 8.02. The zero-order valence-electron chi connectivity index (χ0n) is 17.7. The Balaban J connectivity index is 1.55. The zero-order chi connectivity index (χ0) is 21.3. The Morgan fingerprint density at radius 1 is 1.07 bits per heavy atom. The van der Waals surface area contributed by atoms with Crippen molar-refractivity contribution in [1.29, 1.82) is 5.26 Å². The molecule has 0 unspecified atom stereocenters. The van der Waals surface area contributed by atoms with E-state index in [1.807, 2.05) is 12.1 Å². The van der Waals surface area contributed by atoms with E-state index < -0.39 is 11.8 Å². The Morgan fingerprint density at radius 3 is 2.43 bits per heavy atom. The maximum Gasteiger partial charge on any atom is 0.346 e. The molecule has 0 atom stereocenters. The van der Waals surface area contributed by atoms with Gasteiger partial charge in [-0.15, -0.1) is 0 Å². The standard InChI is InChI=1S/C26H30FNO2/c1-2-3-4-5-6-19-7-11-21(12-8-19)22-13-16-24(25(27)17-22)26(29)30-23-14-9-20(18-28)10-15-23/h9-10,13-17,19,21H,2-8,11-12H2,1H3. The first-order chi connectivity index (χ1) is 14.6. The summed E-state index contributed by atoms with van der Waals surface area (Å²) in [5, 5.41) is 8.82. The molecule has 0 amide bonds. The van der Waals surface area contributed by atoms with Gasteiger partial charge in [0, 0.05) is 0 Å². The molecule has 0 aliphatic heterocycles. The highest BCUT2D eigenvalue weighted by Gasteiger charge is 2.24. The molecule has 0 spiro atoms. The molecule has 3 rings (SSSR count). The van der Waals surface area contributed by atoms with E-state index >= 15 is 0 Å². The fourth-order valence-corrected chi connectivity index (χ4v) is 4.35. The smallest absolute Gasteiger partial charge is 0.346 e. The van der Waals surface area contributed by atoms with Gasteiger partial charge in [-0.3, -0.25) is 0 Å². The number of esters is 1. The summed E-state index contributed by atoms with van der Waals surface area (Å²) in [5.41, 5.74) is 1.39. The van der Waals surface area contributed by atoms with Crippen LogP contribution in [0.15, 0.2) is 42.5 Å². The minimum Gasteiger partial charge on any atom is -0.423 e. The minimum atomic E-state index is -0.723. The number of carbonyl (C=O) groups excluding carboxylic acids is 1. The lowest BCUT2D eigenvalue weighted by Gasteiger charge is -2.29. The second kappa shape index (κ2) is 10.9. The van der Waals surface area contributed by atoms with Crippen molar-refractivity contribution >= 4 is 5.97 Å². The van der Waals surface area contributed by atoms with Crippen molar-refractivity contribution in [3.05, 3.63) is 65.0 Å². The monoisotopic (exact) mass is 407 g/mol. The summed E-state index contributed by atoms with van der Waals surface area (Å²) in [4.78, 5) is 12.3.